The van der Waals surface area contributed by atoms with E-state index in [9.17, 15) is 0 Å². The molecule has 0 aliphatic rings. The summed E-state index contributed by atoms with van der Waals surface area (Å²) in [4.78, 5) is 19.8. The van der Waals surface area contributed by atoms with E-state index in [1.807, 2.05) is 85.1 Å². The van der Waals surface area contributed by atoms with Crippen molar-refractivity contribution >= 4 is 54.6 Å². The summed E-state index contributed by atoms with van der Waals surface area (Å²) < 4.78 is 12.3. The van der Waals surface area contributed by atoms with Gasteiger partial charge in [-0.1, -0.05) is 109 Å². The fraction of sp³-hybridized carbons (Fsp3) is 0. The van der Waals surface area contributed by atoms with Gasteiger partial charge in [0.15, 0.2) is 23.1 Å². The minimum Gasteiger partial charge on any atom is -0.456 e. The fourth-order valence-corrected chi connectivity index (χ4v) is 6.84. The van der Waals surface area contributed by atoms with Crippen molar-refractivity contribution in [1.82, 2.24) is 19.9 Å². The summed E-state index contributed by atoms with van der Waals surface area (Å²) in [6.45, 7) is 0. The molecular weight excluding hydrogens is 592 g/mol. The molecular formula is C42H24N4O2. The number of para-hydroxylation sites is 2. The quantitative estimate of drug-likeness (QED) is 0.196. The molecule has 10 aromatic rings. The number of furan rings is 2. The molecule has 0 bridgehead atoms. The Morgan fingerprint density at radius 3 is 1.81 bits per heavy atom. The van der Waals surface area contributed by atoms with Crippen molar-refractivity contribution < 1.29 is 8.83 Å². The molecule has 6 aromatic carbocycles. The topological polar surface area (TPSA) is 77.8 Å². The summed E-state index contributed by atoms with van der Waals surface area (Å²) in [7, 11) is 0. The predicted octanol–water partition coefficient (Wildman–Crippen LogP) is 10.9. The summed E-state index contributed by atoms with van der Waals surface area (Å²) in [6.07, 6.45) is 3.70. The van der Waals surface area contributed by atoms with Crippen molar-refractivity contribution in [3.8, 4) is 45.3 Å². The van der Waals surface area contributed by atoms with Crippen LogP contribution in [-0.2, 0) is 0 Å². The van der Waals surface area contributed by atoms with Gasteiger partial charge in [0.25, 0.3) is 0 Å². The van der Waals surface area contributed by atoms with Crippen LogP contribution in [-0.4, -0.2) is 19.9 Å². The van der Waals surface area contributed by atoms with Crippen LogP contribution in [0.5, 0.6) is 0 Å². The third kappa shape index (κ3) is 4.13. The Labute approximate surface area is 274 Å². The van der Waals surface area contributed by atoms with Gasteiger partial charge in [0, 0.05) is 50.0 Å². The van der Waals surface area contributed by atoms with E-state index < -0.39 is 0 Å². The van der Waals surface area contributed by atoms with Gasteiger partial charge in [-0.25, -0.2) is 15.0 Å². The van der Waals surface area contributed by atoms with Crippen molar-refractivity contribution in [2.24, 2.45) is 0 Å². The Kier molecular flexibility index (Phi) is 5.77. The Morgan fingerprint density at radius 1 is 0.375 bits per heavy atom. The van der Waals surface area contributed by atoms with Gasteiger partial charge >= 0.3 is 0 Å². The van der Waals surface area contributed by atoms with Crippen LogP contribution in [0.25, 0.3) is 99.9 Å². The second-order valence-electron chi connectivity index (χ2n) is 11.8. The maximum atomic E-state index is 6.21. The molecule has 0 radical (unpaired) electrons. The number of hydrogen-bond donors (Lipinski definition) is 0. The zero-order chi connectivity index (χ0) is 31.6. The number of aromatic nitrogens is 4. The highest BCUT2D eigenvalue weighted by Gasteiger charge is 2.19. The molecule has 0 fully saturated rings. The van der Waals surface area contributed by atoms with E-state index in [1.165, 1.54) is 0 Å². The lowest BCUT2D eigenvalue weighted by Crippen LogP contribution is -2.00. The number of pyridine rings is 1. The Bertz CT molecular complexity index is 2850. The largest absolute Gasteiger partial charge is 0.456 e. The highest BCUT2D eigenvalue weighted by molar-refractivity contribution is 6.13. The lowest BCUT2D eigenvalue weighted by Gasteiger charge is -2.12. The minimum absolute atomic E-state index is 0.592. The third-order valence-corrected chi connectivity index (χ3v) is 9.03. The first-order valence-electron chi connectivity index (χ1n) is 15.8. The molecule has 224 valence electrons. The summed E-state index contributed by atoms with van der Waals surface area (Å²) in [5.41, 5.74) is 8.08. The predicted molar refractivity (Wildman–Crippen MR) is 191 cm³/mol. The summed E-state index contributed by atoms with van der Waals surface area (Å²) >= 11 is 0. The second-order valence-corrected chi connectivity index (χ2v) is 11.8. The van der Waals surface area contributed by atoms with Crippen molar-refractivity contribution in [2.45, 2.75) is 0 Å². The first-order valence-corrected chi connectivity index (χ1v) is 15.8. The van der Waals surface area contributed by atoms with Crippen LogP contribution in [0.3, 0.4) is 0 Å². The van der Waals surface area contributed by atoms with Gasteiger partial charge < -0.3 is 8.83 Å². The van der Waals surface area contributed by atoms with Gasteiger partial charge in [0.1, 0.15) is 16.7 Å². The van der Waals surface area contributed by atoms with E-state index in [0.717, 1.165) is 82.5 Å². The van der Waals surface area contributed by atoms with E-state index in [2.05, 4.69) is 59.6 Å². The molecule has 0 unspecified atom stereocenters. The number of nitrogens with zero attached hydrogens (tertiary/aromatic N) is 4. The van der Waals surface area contributed by atoms with Crippen LogP contribution in [0, 0.1) is 0 Å². The first-order chi connectivity index (χ1) is 23.8. The molecule has 0 aliphatic heterocycles. The molecule has 0 aliphatic carbocycles. The summed E-state index contributed by atoms with van der Waals surface area (Å²) in [5.74, 6) is 1.81. The Balaban J connectivity index is 1.18. The molecule has 0 amide bonds. The second kappa shape index (κ2) is 10.4. The maximum absolute atomic E-state index is 6.21. The van der Waals surface area contributed by atoms with Crippen LogP contribution in [0.1, 0.15) is 0 Å². The SMILES string of the molecule is c1ccc(-c2nc(-c3cccc4cc(-c5cncc6oc7ccccc7c56)ccc34)nc(-c3cccc4oc5ccccc5c34)n2)cc1. The molecule has 6 heteroatoms. The lowest BCUT2D eigenvalue weighted by molar-refractivity contribution is 0.667. The van der Waals surface area contributed by atoms with Crippen molar-refractivity contribution in [3.05, 3.63) is 146 Å². The van der Waals surface area contributed by atoms with Crippen LogP contribution in [0.15, 0.2) is 155 Å². The zero-order valence-electron chi connectivity index (χ0n) is 25.5. The highest BCUT2D eigenvalue weighted by Crippen LogP contribution is 2.39. The lowest BCUT2D eigenvalue weighted by atomic mass is 9.96. The molecule has 0 saturated heterocycles. The van der Waals surface area contributed by atoms with Gasteiger partial charge in [-0.2, -0.15) is 0 Å². The molecule has 0 saturated carbocycles. The third-order valence-electron chi connectivity index (χ3n) is 9.03. The van der Waals surface area contributed by atoms with E-state index >= 15 is 0 Å². The van der Waals surface area contributed by atoms with Gasteiger partial charge in [-0.15, -0.1) is 0 Å². The van der Waals surface area contributed by atoms with Gasteiger partial charge in [0.05, 0.1) is 6.20 Å². The standard InChI is InChI=1S/C42H24N4O2/c1-2-10-25(11-3-1)40-44-41(46-42(45-40)32-16-9-19-36-38(32)30-13-4-6-17-34(30)47-36)29-15-8-12-26-22-27(20-21-28(26)29)33-23-43-24-37-39(33)31-14-5-7-18-35(31)48-37/h1-24H. The smallest absolute Gasteiger partial charge is 0.164 e. The Morgan fingerprint density at radius 2 is 1.00 bits per heavy atom. The van der Waals surface area contributed by atoms with Crippen molar-refractivity contribution in [1.29, 1.82) is 0 Å². The van der Waals surface area contributed by atoms with E-state index in [1.54, 1.807) is 6.20 Å². The van der Waals surface area contributed by atoms with E-state index in [-0.39, 0.29) is 0 Å². The molecule has 48 heavy (non-hydrogen) atoms. The van der Waals surface area contributed by atoms with Crippen LogP contribution < -0.4 is 0 Å². The molecule has 0 atom stereocenters. The van der Waals surface area contributed by atoms with Gasteiger partial charge in [-0.3, -0.25) is 4.98 Å². The summed E-state index contributed by atoms with van der Waals surface area (Å²) in [5, 5.41) is 6.26. The van der Waals surface area contributed by atoms with Crippen molar-refractivity contribution in [3.63, 3.8) is 0 Å². The van der Waals surface area contributed by atoms with E-state index in [0.29, 0.717) is 17.5 Å². The average molecular weight is 617 g/mol. The Hall–Kier alpha value is -6.66. The number of rotatable bonds is 4. The number of fused-ring (bicyclic) bond motifs is 7. The van der Waals surface area contributed by atoms with Crippen LogP contribution >= 0.6 is 0 Å². The van der Waals surface area contributed by atoms with Crippen LogP contribution in [0.4, 0.5) is 0 Å². The molecule has 0 spiro atoms. The average Bonchev–Trinajstić information content (AvgIpc) is 3.73. The first kappa shape index (κ1) is 26.5. The fourth-order valence-electron chi connectivity index (χ4n) is 6.84. The maximum Gasteiger partial charge on any atom is 0.164 e. The zero-order valence-corrected chi connectivity index (χ0v) is 25.5. The van der Waals surface area contributed by atoms with Crippen molar-refractivity contribution in [2.75, 3.05) is 0 Å². The molecule has 4 aromatic heterocycles. The van der Waals surface area contributed by atoms with E-state index in [4.69, 9.17) is 23.8 Å². The van der Waals surface area contributed by atoms with Gasteiger partial charge in [0.2, 0.25) is 0 Å². The normalized spacial score (nSPS) is 11.8. The minimum atomic E-state index is 0.592. The van der Waals surface area contributed by atoms with Gasteiger partial charge in [-0.05, 0) is 40.6 Å². The van der Waals surface area contributed by atoms with Crippen LogP contribution in [0.2, 0.25) is 0 Å². The monoisotopic (exact) mass is 616 g/mol. The summed E-state index contributed by atoms with van der Waals surface area (Å²) in [6, 6.07) is 45.0. The molecule has 10 rings (SSSR count). The number of benzene rings is 6. The highest BCUT2D eigenvalue weighted by atomic mass is 16.3. The molecule has 6 nitrogen and oxygen atoms in total. The molecule has 0 N–H and O–H groups in total. The molecule has 4 heterocycles. The number of hydrogen-bond acceptors (Lipinski definition) is 6.